The molecule has 7 rings (SSSR count). The number of carboxylic acids is 1. The number of hydrogen-bond donors (Lipinski definition) is 3. The summed E-state index contributed by atoms with van der Waals surface area (Å²) >= 11 is 0. The van der Waals surface area contributed by atoms with E-state index in [0.29, 0.717) is 5.69 Å². The third-order valence-electron chi connectivity index (χ3n) is 8.33. The highest BCUT2D eigenvalue weighted by molar-refractivity contribution is 5.98. The maximum Gasteiger partial charge on any atom is 0.347 e. The van der Waals surface area contributed by atoms with Crippen molar-refractivity contribution in [2.24, 2.45) is 14.1 Å². The fraction of sp³-hybridized carbons (Fsp3) is 0.0500. The molecule has 7 aromatic rings. The summed E-state index contributed by atoms with van der Waals surface area (Å²) in [6, 6.07) is 28.5. The Hall–Kier alpha value is -7.29. The summed E-state index contributed by atoms with van der Waals surface area (Å²) < 4.78 is 74.8. The molecular weight excluding hydrogens is 727 g/mol. The number of pyridine rings is 2. The highest BCUT2D eigenvalue weighted by Crippen LogP contribution is 2.31. The molecule has 0 fully saturated rings. The Bertz CT molecular complexity index is 2760. The molecule has 0 aliphatic rings. The highest BCUT2D eigenvalue weighted by atomic mass is 19.2. The fourth-order valence-corrected chi connectivity index (χ4v) is 5.47. The molecule has 0 amide bonds. The van der Waals surface area contributed by atoms with E-state index >= 15 is 0 Å². The highest BCUT2D eigenvalue weighted by Gasteiger charge is 2.29. The number of aryl methyl sites for hydroxylation is 2. The van der Waals surface area contributed by atoms with Gasteiger partial charge in [-0.1, -0.05) is 60.7 Å². The first kappa shape index (κ1) is 37.5. The Kier molecular flexibility index (Phi) is 10.5. The molecule has 0 radical (unpaired) electrons. The number of hydrogen-bond acceptors (Lipinski definition) is 7. The summed E-state index contributed by atoms with van der Waals surface area (Å²) in [5, 5.41) is 19.0. The van der Waals surface area contributed by atoms with E-state index in [1.54, 1.807) is 18.2 Å². The van der Waals surface area contributed by atoms with Gasteiger partial charge in [-0.2, -0.15) is 8.78 Å². The van der Waals surface area contributed by atoms with Crippen LogP contribution in [-0.4, -0.2) is 26.2 Å². The molecule has 3 N–H and O–H groups in total. The molecule has 5 aromatic carbocycles. The maximum atomic E-state index is 13.9. The SMILES string of the molecule is Cn1cc(C(=O)O)c(Nc2ccc3ccccc3c2)cc1=O.Cn1cc(C(=O)Oc2c(F)c(F)c(F)c(F)c2F)c(Nc2ccc3ccccc3c2)cc1=O. The second kappa shape index (κ2) is 15.4. The third-order valence-corrected chi connectivity index (χ3v) is 8.33. The normalized spacial score (nSPS) is 10.8. The van der Waals surface area contributed by atoms with Gasteiger partial charge in [0.05, 0.1) is 16.9 Å². The molecule has 2 heterocycles. The van der Waals surface area contributed by atoms with Gasteiger partial charge in [-0.05, 0) is 45.8 Å². The zero-order chi connectivity index (χ0) is 39.6. The van der Waals surface area contributed by atoms with Crippen molar-refractivity contribution in [2.45, 2.75) is 0 Å². The minimum atomic E-state index is -2.38. The van der Waals surface area contributed by atoms with E-state index in [0.717, 1.165) is 44.1 Å². The second-order valence-electron chi connectivity index (χ2n) is 12.1. The fourth-order valence-electron chi connectivity index (χ4n) is 5.47. The lowest BCUT2D eigenvalue weighted by molar-refractivity contribution is 0.0692. The zero-order valence-electron chi connectivity index (χ0n) is 28.7. The molecule has 0 saturated carbocycles. The third kappa shape index (κ3) is 7.90. The first-order valence-corrected chi connectivity index (χ1v) is 16.1. The molecule has 0 aliphatic heterocycles. The standard InChI is InChI=1S/C23H13F5N2O3.C17H14N2O3/c1-30-10-14(23(32)33-22-20(27)18(25)17(24)19(26)21(22)28)15(9-16(30)31)29-13-7-6-11-4-2-3-5-12(11)8-13;1-19-10-14(17(21)22)15(9-16(19)20)18-13-7-6-11-4-2-3-5-12(11)8-13/h2-10,29H,1H3;2-10,18H,1H3,(H,21,22). The Morgan fingerprint density at radius 1 is 0.564 bits per heavy atom. The molecule has 55 heavy (non-hydrogen) atoms. The van der Waals surface area contributed by atoms with Gasteiger partial charge < -0.3 is 29.6 Å². The van der Waals surface area contributed by atoms with Gasteiger partial charge in [0, 0.05) is 50.0 Å². The van der Waals surface area contributed by atoms with Gasteiger partial charge >= 0.3 is 11.9 Å². The lowest BCUT2D eigenvalue weighted by Gasteiger charge is -2.14. The second-order valence-corrected chi connectivity index (χ2v) is 12.1. The maximum absolute atomic E-state index is 13.9. The number of carboxylic acid groups (broad SMARTS) is 1. The van der Waals surface area contributed by atoms with Gasteiger partial charge in [-0.15, -0.1) is 0 Å². The first-order valence-electron chi connectivity index (χ1n) is 16.1. The van der Waals surface area contributed by atoms with Gasteiger partial charge in [0.15, 0.2) is 0 Å². The lowest BCUT2D eigenvalue weighted by Crippen LogP contribution is -2.22. The molecule has 0 bridgehead atoms. The number of aromatic nitrogens is 2. The van der Waals surface area contributed by atoms with Crippen molar-refractivity contribution in [3.8, 4) is 5.75 Å². The van der Waals surface area contributed by atoms with Crippen LogP contribution in [0.5, 0.6) is 5.75 Å². The van der Waals surface area contributed by atoms with Crippen LogP contribution >= 0.6 is 0 Å². The molecule has 10 nitrogen and oxygen atoms in total. The summed E-state index contributed by atoms with van der Waals surface area (Å²) in [7, 11) is 2.83. The Balaban J connectivity index is 0.000000203. The largest absolute Gasteiger partial charge is 0.478 e. The van der Waals surface area contributed by atoms with Crippen LogP contribution < -0.4 is 26.5 Å². The Labute approximate surface area is 307 Å². The van der Waals surface area contributed by atoms with Crippen LogP contribution in [0, 0.1) is 29.1 Å². The molecule has 0 saturated heterocycles. The van der Waals surface area contributed by atoms with Crippen molar-refractivity contribution in [3.63, 3.8) is 0 Å². The number of nitrogens with zero attached hydrogens (tertiary/aromatic N) is 2. The molecule has 278 valence electrons. The Morgan fingerprint density at radius 2 is 0.964 bits per heavy atom. The smallest absolute Gasteiger partial charge is 0.347 e. The van der Waals surface area contributed by atoms with Crippen LogP contribution in [0.1, 0.15) is 20.7 Å². The van der Waals surface area contributed by atoms with E-state index in [-0.39, 0.29) is 28.1 Å². The average Bonchev–Trinajstić information content (AvgIpc) is 3.17. The molecule has 2 aromatic heterocycles. The van der Waals surface area contributed by atoms with Crippen LogP contribution in [0.15, 0.2) is 119 Å². The molecule has 0 aliphatic carbocycles. The van der Waals surface area contributed by atoms with Crippen LogP contribution in [-0.2, 0) is 14.1 Å². The van der Waals surface area contributed by atoms with Crippen molar-refractivity contribution < 1.29 is 41.4 Å². The average molecular weight is 755 g/mol. The zero-order valence-corrected chi connectivity index (χ0v) is 28.7. The summed E-state index contributed by atoms with van der Waals surface area (Å²) in [6.45, 7) is 0. The van der Waals surface area contributed by atoms with E-state index in [1.807, 2.05) is 66.7 Å². The van der Waals surface area contributed by atoms with Crippen molar-refractivity contribution in [2.75, 3.05) is 10.6 Å². The van der Waals surface area contributed by atoms with Crippen LogP contribution in [0.3, 0.4) is 0 Å². The number of ether oxygens (including phenoxy) is 1. The first-order chi connectivity index (χ1) is 26.2. The molecular formula is C40H27F5N4O6. The van der Waals surface area contributed by atoms with Gasteiger partial charge in [0.1, 0.15) is 5.56 Å². The number of anilines is 4. The summed E-state index contributed by atoms with van der Waals surface area (Å²) in [6.07, 6.45) is 2.33. The van der Waals surface area contributed by atoms with Crippen LogP contribution in [0.25, 0.3) is 21.5 Å². The number of carbonyl (C=O) groups excluding carboxylic acids is 1. The molecule has 15 heteroatoms. The van der Waals surface area contributed by atoms with Crippen LogP contribution in [0.4, 0.5) is 44.7 Å². The summed E-state index contributed by atoms with van der Waals surface area (Å²) in [5.41, 5.74) is 0.249. The Morgan fingerprint density at radius 3 is 1.42 bits per heavy atom. The van der Waals surface area contributed by atoms with Gasteiger partial charge in [0.2, 0.25) is 34.8 Å². The van der Waals surface area contributed by atoms with Crippen molar-refractivity contribution in [3.05, 3.63) is 170 Å². The topological polar surface area (TPSA) is 132 Å². The summed E-state index contributed by atoms with van der Waals surface area (Å²) in [4.78, 5) is 47.9. The molecule has 0 spiro atoms. The quantitative estimate of drug-likeness (QED) is 0.0489. The summed E-state index contributed by atoms with van der Waals surface area (Å²) in [5.74, 6) is -15.8. The monoisotopic (exact) mass is 754 g/mol. The van der Waals surface area contributed by atoms with Gasteiger partial charge in [-0.3, -0.25) is 9.59 Å². The number of esters is 1. The van der Waals surface area contributed by atoms with Gasteiger partial charge in [-0.25, -0.2) is 22.8 Å². The van der Waals surface area contributed by atoms with Gasteiger partial charge in [0.25, 0.3) is 11.1 Å². The molecule has 0 unspecified atom stereocenters. The molecule has 0 atom stereocenters. The van der Waals surface area contributed by atoms with Crippen molar-refractivity contribution >= 4 is 56.2 Å². The minimum Gasteiger partial charge on any atom is -0.478 e. The predicted molar refractivity (Wildman–Crippen MR) is 196 cm³/mol. The van der Waals surface area contributed by atoms with E-state index in [4.69, 9.17) is 0 Å². The van der Waals surface area contributed by atoms with E-state index in [9.17, 15) is 46.2 Å². The van der Waals surface area contributed by atoms with Crippen LogP contribution in [0.2, 0.25) is 0 Å². The lowest BCUT2D eigenvalue weighted by atomic mass is 10.1. The van der Waals surface area contributed by atoms with E-state index in [1.165, 1.54) is 30.9 Å². The number of aromatic carboxylic acids is 1. The number of halogens is 5. The number of fused-ring (bicyclic) bond motifs is 2. The number of benzene rings is 5. The number of rotatable bonds is 7. The van der Waals surface area contributed by atoms with Crippen molar-refractivity contribution in [1.82, 2.24) is 9.13 Å². The predicted octanol–water partition coefficient (Wildman–Crippen LogP) is 8.18. The van der Waals surface area contributed by atoms with E-state index in [2.05, 4.69) is 15.4 Å². The number of nitrogens with one attached hydrogen (secondary N) is 2. The minimum absolute atomic E-state index is 0.0512. The number of carbonyl (C=O) groups is 2. The van der Waals surface area contributed by atoms with E-state index < -0.39 is 52.3 Å². The van der Waals surface area contributed by atoms with Crippen molar-refractivity contribution in [1.29, 1.82) is 0 Å².